The SMILES string of the molecule is CCCC(CN)(CCC)N1CCCC(CC)C1. The first-order valence-electron chi connectivity index (χ1n) is 7.67. The average Bonchev–Trinajstić information content (AvgIpc) is 2.38. The molecule has 1 unspecified atom stereocenters. The largest absolute Gasteiger partial charge is 0.329 e. The molecule has 0 saturated carbocycles. The van der Waals surface area contributed by atoms with E-state index in [2.05, 4.69) is 25.7 Å². The van der Waals surface area contributed by atoms with E-state index in [4.69, 9.17) is 5.73 Å². The van der Waals surface area contributed by atoms with Gasteiger partial charge in [-0.05, 0) is 38.1 Å². The second kappa shape index (κ2) is 7.38. The average molecular weight is 240 g/mol. The van der Waals surface area contributed by atoms with Crippen LogP contribution >= 0.6 is 0 Å². The summed E-state index contributed by atoms with van der Waals surface area (Å²) in [7, 11) is 0. The quantitative estimate of drug-likeness (QED) is 0.739. The van der Waals surface area contributed by atoms with E-state index in [0.717, 1.165) is 12.5 Å². The predicted octanol–water partition coefficient (Wildman–Crippen LogP) is 3.41. The zero-order valence-electron chi connectivity index (χ0n) is 12.2. The van der Waals surface area contributed by atoms with Crippen LogP contribution < -0.4 is 5.73 Å². The Morgan fingerprint density at radius 1 is 1.18 bits per heavy atom. The van der Waals surface area contributed by atoms with Gasteiger partial charge < -0.3 is 5.73 Å². The van der Waals surface area contributed by atoms with Gasteiger partial charge in [-0.25, -0.2) is 0 Å². The summed E-state index contributed by atoms with van der Waals surface area (Å²) in [5.41, 5.74) is 6.46. The van der Waals surface area contributed by atoms with Crippen LogP contribution in [0.15, 0.2) is 0 Å². The normalized spacial score (nSPS) is 22.9. The molecule has 0 bridgehead atoms. The van der Waals surface area contributed by atoms with E-state index in [1.54, 1.807) is 0 Å². The first-order chi connectivity index (χ1) is 8.22. The van der Waals surface area contributed by atoms with Crippen LogP contribution in [-0.4, -0.2) is 30.1 Å². The van der Waals surface area contributed by atoms with Gasteiger partial charge in [0, 0.05) is 18.6 Å². The molecule has 2 nitrogen and oxygen atoms in total. The van der Waals surface area contributed by atoms with Crippen molar-refractivity contribution in [2.75, 3.05) is 19.6 Å². The minimum absolute atomic E-state index is 0.303. The molecule has 0 spiro atoms. The van der Waals surface area contributed by atoms with E-state index < -0.39 is 0 Å². The highest BCUT2D eigenvalue weighted by Crippen LogP contribution is 2.31. The van der Waals surface area contributed by atoms with Crippen molar-refractivity contribution in [3.05, 3.63) is 0 Å². The molecule has 102 valence electrons. The Kier molecular flexibility index (Phi) is 6.50. The second-order valence-electron chi connectivity index (χ2n) is 5.79. The van der Waals surface area contributed by atoms with Crippen molar-refractivity contribution in [1.82, 2.24) is 4.90 Å². The maximum absolute atomic E-state index is 6.16. The van der Waals surface area contributed by atoms with Crippen LogP contribution in [-0.2, 0) is 0 Å². The fourth-order valence-electron chi connectivity index (χ4n) is 3.53. The highest BCUT2D eigenvalue weighted by molar-refractivity contribution is 4.93. The summed E-state index contributed by atoms with van der Waals surface area (Å²) in [5.74, 6) is 0.906. The molecular formula is C15H32N2. The summed E-state index contributed by atoms with van der Waals surface area (Å²) in [6.45, 7) is 10.3. The van der Waals surface area contributed by atoms with Gasteiger partial charge >= 0.3 is 0 Å². The minimum Gasteiger partial charge on any atom is -0.329 e. The molecule has 1 atom stereocenters. The van der Waals surface area contributed by atoms with Gasteiger partial charge in [-0.15, -0.1) is 0 Å². The number of rotatable bonds is 7. The Labute approximate surface area is 108 Å². The molecule has 2 heteroatoms. The Bertz CT molecular complexity index is 197. The lowest BCUT2D eigenvalue weighted by Crippen LogP contribution is -2.56. The summed E-state index contributed by atoms with van der Waals surface area (Å²) in [5, 5.41) is 0. The van der Waals surface area contributed by atoms with Crippen LogP contribution in [0.3, 0.4) is 0 Å². The van der Waals surface area contributed by atoms with Gasteiger partial charge in [0.1, 0.15) is 0 Å². The molecule has 0 aromatic carbocycles. The van der Waals surface area contributed by atoms with E-state index in [1.165, 1.54) is 58.0 Å². The fourth-order valence-corrected chi connectivity index (χ4v) is 3.53. The number of hydrogen-bond acceptors (Lipinski definition) is 2. The molecule has 0 radical (unpaired) electrons. The minimum atomic E-state index is 0.303. The molecule has 1 saturated heterocycles. The van der Waals surface area contributed by atoms with Gasteiger partial charge in [-0.2, -0.15) is 0 Å². The van der Waals surface area contributed by atoms with E-state index in [9.17, 15) is 0 Å². The van der Waals surface area contributed by atoms with Crippen LogP contribution in [0.25, 0.3) is 0 Å². The lowest BCUT2D eigenvalue weighted by atomic mass is 9.83. The molecule has 1 aliphatic rings. The molecule has 0 aromatic heterocycles. The number of hydrogen-bond donors (Lipinski definition) is 1. The Morgan fingerprint density at radius 3 is 2.29 bits per heavy atom. The van der Waals surface area contributed by atoms with E-state index in [-0.39, 0.29) is 0 Å². The van der Waals surface area contributed by atoms with Gasteiger partial charge in [-0.3, -0.25) is 4.90 Å². The van der Waals surface area contributed by atoms with Crippen molar-refractivity contribution in [2.45, 2.75) is 71.3 Å². The molecule has 0 aromatic rings. The van der Waals surface area contributed by atoms with Gasteiger partial charge in [0.2, 0.25) is 0 Å². The summed E-state index contributed by atoms with van der Waals surface area (Å²) in [6, 6.07) is 0. The number of nitrogens with two attached hydrogens (primary N) is 1. The zero-order chi connectivity index (χ0) is 12.7. The maximum atomic E-state index is 6.16. The van der Waals surface area contributed by atoms with E-state index in [1.807, 2.05) is 0 Å². The summed E-state index contributed by atoms with van der Waals surface area (Å²) in [6.07, 6.45) is 9.17. The monoisotopic (exact) mass is 240 g/mol. The topological polar surface area (TPSA) is 29.3 Å². The van der Waals surface area contributed by atoms with Gasteiger partial charge in [0.25, 0.3) is 0 Å². The number of piperidine rings is 1. The van der Waals surface area contributed by atoms with Gasteiger partial charge in [0.05, 0.1) is 0 Å². The predicted molar refractivity (Wildman–Crippen MR) is 76.2 cm³/mol. The standard InChI is InChI=1S/C15H32N2/c1-4-9-15(13-16,10-5-2)17-11-7-8-14(6-3)12-17/h14H,4-13,16H2,1-3H3. The van der Waals surface area contributed by atoms with Crippen LogP contribution in [0.4, 0.5) is 0 Å². The Hall–Kier alpha value is -0.0800. The Balaban J connectivity index is 2.73. The Morgan fingerprint density at radius 2 is 1.82 bits per heavy atom. The van der Waals surface area contributed by atoms with Crippen molar-refractivity contribution >= 4 is 0 Å². The third-order valence-electron chi connectivity index (χ3n) is 4.58. The third-order valence-corrected chi connectivity index (χ3v) is 4.58. The second-order valence-corrected chi connectivity index (χ2v) is 5.79. The van der Waals surface area contributed by atoms with Crippen LogP contribution in [0.5, 0.6) is 0 Å². The first-order valence-corrected chi connectivity index (χ1v) is 7.67. The summed E-state index contributed by atoms with van der Waals surface area (Å²) < 4.78 is 0. The van der Waals surface area contributed by atoms with Crippen LogP contribution in [0.2, 0.25) is 0 Å². The molecule has 2 N–H and O–H groups in total. The van der Waals surface area contributed by atoms with Crippen molar-refractivity contribution < 1.29 is 0 Å². The fraction of sp³-hybridized carbons (Fsp3) is 1.00. The highest BCUT2D eigenvalue weighted by Gasteiger charge is 2.36. The van der Waals surface area contributed by atoms with Gasteiger partial charge in [-0.1, -0.05) is 40.0 Å². The summed E-state index contributed by atoms with van der Waals surface area (Å²) >= 11 is 0. The van der Waals surface area contributed by atoms with Crippen LogP contribution in [0, 0.1) is 5.92 Å². The van der Waals surface area contributed by atoms with Gasteiger partial charge in [0.15, 0.2) is 0 Å². The molecular weight excluding hydrogens is 208 g/mol. The van der Waals surface area contributed by atoms with Crippen molar-refractivity contribution in [2.24, 2.45) is 11.7 Å². The van der Waals surface area contributed by atoms with Crippen molar-refractivity contribution in [3.63, 3.8) is 0 Å². The molecule has 1 heterocycles. The highest BCUT2D eigenvalue weighted by atomic mass is 15.2. The lowest BCUT2D eigenvalue weighted by molar-refractivity contribution is 0.0323. The third kappa shape index (κ3) is 3.69. The van der Waals surface area contributed by atoms with E-state index in [0.29, 0.717) is 5.54 Å². The summed E-state index contributed by atoms with van der Waals surface area (Å²) in [4.78, 5) is 2.73. The number of likely N-dealkylation sites (tertiary alicyclic amines) is 1. The molecule has 0 aliphatic carbocycles. The van der Waals surface area contributed by atoms with E-state index >= 15 is 0 Å². The molecule has 1 fully saturated rings. The maximum Gasteiger partial charge on any atom is 0.0331 e. The van der Waals surface area contributed by atoms with Crippen molar-refractivity contribution in [3.8, 4) is 0 Å². The zero-order valence-corrected chi connectivity index (χ0v) is 12.2. The molecule has 1 aliphatic heterocycles. The number of nitrogens with zero attached hydrogens (tertiary/aromatic N) is 1. The molecule has 0 amide bonds. The smallest absolute Gasteiger partial charge is 0.0331 e. The molecule has 1 rings (SSSR count). The first kappa shape index (κ1) is 15.0. The van der Waals surface area contributed by atoms with Crippen LogP contribution in [0.1, 0.15) is 65.7 Å². The van der Waals surface area contributed by atoms with Crippen molar-refractivity contribution in [1.29, 1.82) is 0 Å². The lowest BCUT2D eigenvalue weighted by Gasteiger charge is -2.47. The molecule has 17 heavy (non-hydrogen) atoms.